The van der Waals surface area contributed by atoms with Gasteiger partial charge in [0.15, 0.2) is 0 Å². The van der Waals surface area contributed by atoms with Crippen LogP contribution in [0.4, 0.5) is 0 Å². The van der Waals surface area contributed by atoms with Gasteiger partial charge in [-0.3, -0.25) is 15.2 Å². The summed E-state index contributed by atoms with van der Waals surface area (Å²) < 4.78 is 10.9. The van der Waals surface area contributed by atoms with Gasteiger partial charge in [-0.25, -0.2) is 5.84 Å². The van der Waals surface area contributed by atoms with Crippen LogP contribution in [0.2, 0.25) is 0 Å². The molecular formula is C18H24ClN3O3. The number of benzene rings is 1. The van der Waals surface area contributed by atoms with Gasteiger partial charge in [0.05, 0.1) is 6.61 Å². The summed E-state index contributed by atoms with van der Waals surface area (Å²) in [7, 11) is 1.63. The predicted octanol–water partition coefficient (Wildman–Crippen LogP) is 2.36. The van der Waals surface area contributed by atoms with Crippen LogP contribution in [0.5, 0.6) is 5.75 Å². The lowest BCUT2D eigenvalue weighted by molar-refractivity contribution is -0.124. The topological polar surface area (TPSA) is 86.5 Å². The number of carbonyl (C=O) groups is 1. The maximum absolute atomic E-state index is 11.6. The first-order valence-corrected chi connectivity index (χ1v) is 7.81. The maximum atomic E-state index is 11.6. The number of amides is 1. The van der Waals surface area contributed by atoms with Gasteiger partial charge in [0, 0.05) is 36.5 Å². The van der Waals surface area contributed by atoms with E-state index < -0.39 is 0 Å². The Morgan fingerprint density at radius 2 is 2.12 bits per heavy atom. The fourth-order valence-corrected chi connectivity index (χ4v) is 2.40. The highest BCUT2D eigenvalue weighted by atomic mass is 35.5. The smallest absolute Gasteiger partial charge is 0.237 e. The zero-order valence-electron chi connectivity index (χ0n) is 14.4. The average Bonchev–Trinajstić information content (AvgIpc) is 2.62. The summed E-state index contributed by atoms with van der Waals surface area (Å²) in [4.78, 5) is 15.8. The molecule has 0 aliphatic rings. The van der Waals surface area contributed by atoms with Gasteiger partial charge in [0.25, 0.3) is 0 Å². The molecule has 136 valence electrons. The molecule has 1 heterocycles. The number of hydrazine groups is 1. The normalized spacial score (nSPS) is 11.3. The number of aromatic nitrogens is 1. The van der Waals surface area contributed by atoms with E-state index in [1.165, 1.54) is 0 Å². The molecule has 0 saturated carbocycles. The van der Waals surface area contributed by atoms with E-state index in [-0.39, 0.29) is 24.2 Å². The number of nitrogens with two attached hydrogens (primary N) is 1. The number of halogens is 1. The zero-order valence-corrected chi connectivity index (χ0v) is 15.2. The number of methoxy groups -OCH3 is 1. The highest BCUT2D eigenvalue weighted by molar-refractivity contribution is 5.85. The summed E-state index contributed by atoms with van der Waals surface area (Å²) in [6.07, 6.45) is 4.11. The third-order valence-electron chi connectivity index (χ3n) is 3.70. The molecule has 0 radical (unpaired) electrons. The number of ether oxygens (including phenoxy) is 2. The van der Waals surface area contributed by atoms with Crippen LogP contribution in [0.25, 0.3) is 11.1 Å². The number of rotatable bonds is 8. The molecule has 1 atom stereocenters. The number of carbonyl (C=O) groups excluding carboxylic acids is 1. The van der Waals surface area contributed by atoms with Crippen LogP contribution in [0.1, 0.15) is 12.5 Å². The fraction of sp³-hybridized carbons (Fsp3) is 0.333. The number of hydrogen-bond donors (Lipinski definition) is 2. The minimum atomic E-state index is -0.217. The standard InChI is InChI=1S/C18H23N3O3.ClH/c1-13(18(22)21-19)10-14-5-6-16(15-4-3-7-20-12-15)17(11-14)24-9-8-23-2;/h3-7,11-13H,8-10,19H2,1-2H3,(H,21,22);1H. The van der Waals surface area contributed by atoms with Gasteiger partial charge >= 0.3 is 0 Å². The summed E-state index contributed by atoms with van der Waals surface area (Å²) in [5.74, 6) is 5.54. The summed E-state index contributed by atoms with van der Waals surface area (Å²) in [6.45, 7) is 2.79. The molecule has 0 spiro atoms. The van der Waals surface area contributed by atoms with Gasteiger partial charge in [-0.05, 0) is 24.1 Å². The van der Waals surface area contributed by atoms with E-state index in [1.807, 2.05) is 37.3 Å². The second kappa shape index (κ2) is 10.7. The second-order valence-corrected chi connectivity index (χ2v) is 5.53. The van der Waals surface area contributed by atoms with Gasteiger partial charge < -0.3 is 9.47 Å². The summed E-state index contributed by atoms with van der Waals surface area (Å²) >= 11 is 0. The molecule has 7 heteroatoms. The van der Waals surface area contributed by atoms with E-state index in [1.54, 1.807) is 19.5 Å². The van der Waals surface area contributed by atoms with Crippen molar-refractivity contribution in [3.05, 3.63) is 48.3 Å². The van der Waals surface area contributed by atoms with Crippen molar-refractivity contribution in [1.29, 1.82) is 0 Å². The lowest BCUT2D eigenvalue weighted by atomic mass is 9.97. The molecule has 1 amide bonds. The van der Waals surface area contributed by atoms with Crippen molar-refractivity contribution >= 4 is 18.3 Å². The minimum Gasteiger partial charge on any atom is -0.491 e. The van der Waals surface area contributed by atoms with Crippen molar-refractivity contribution < 1.29 is 14.3 Å². The van der Waals surface area contributed by atoms with Crippen molar-refractivity contribution in [2.24, 2.45) is 11.8 Å². The monoisotopic (exact) mass is 365 g/mol. The molecule has 25 heavy (non-hydrogen) atoms. The highest BCUT2D eigenvalue weighted by Gasteiger charge is 2.14. The van der Waals surface area contributed by atoms with Crippen molar-refractivity contribution in [1.82, 2.24) is 10.4 Å². The largest absolute Gasteiger partial charge is 0.491 e. The summed E-state index contributed by atoms with van der Waals surface area (Å²) in [6, 6.07) is 9.80. The van der Waals surface area contributed by atoms with Crippen molar-refractivity contribution in [3.8, 4) is 16.9 Å². The van der Waals surface area contributed by atoms with Gasteiger partial charge in [0.1, 0.15) is 12.4 Å². The first-order valence-electron chi connectivity index (χ1n) is 7.81. The van der Waals surface area contributed by atoms with Gasteiger partial charge in [-0.1, -0.05) is 25.1 Å². The van der Waals surface area contributed by atoms with Crippen LogP contribution in [-0.2, 0) is 16.0 Å². The Morgan fingerprint density at radius 1 is 1.32 bits per heavy atom. The maximum Gasteiger partial charge on any atom is 0.237 e. The molecule has 3 N–H and O–H groups in total. The molecular weight excluding hydrogens is 342 g/mol. The lowest BCUT2D eigenvalue weighted by Crippen LogP contribution is -2.35. The van der Waals surface area contributed by atoms with E-state index >= 15 is 0 Å². The molecule has 1 unspecified atom stereocenters. The van der Waals surface area contributed by atoms with E-state index in [0.29, 0.717) is 19.6 Å². The van der Waals surface area contributed by atoms with Crippen LogP contribution >= 0.6 is 12.4 Å². The molecule has 1 aromatic carbocycles. The molecule has 0 aliphatic carbocycles. The van der Waals surface area contributed by atoms with Crippen molar-refractivity contribution in [3.63, 3.8) is 0 Å². The Hall–Kier alpha value is -2.15. The number of pyridine rings is 1. The Kier molecular flexibility index (Phi) is 8.91. The van der Waals surface area contributed by atoms with Crippen LogP contribution in [0, 0.1) is 5.92 Å². The Morgan fingerprint density at radius 3 is 2.76 bits per heavy atom. The molecule has 2 aromatic rings. The zero-order chi connectivity index (χ0) is 17.4. The Balaban J connectivity index is 0.00000312. The number of hydrogen-bond acceptors (Lipinski definition) is 5. The first kappa shape index (κ1) is 20.9. The SMILES string of the molecule is COCCOc1cc(CC(C)C(=O)NN)ccc1-c1cccnc1.Cl. The molecule has 1 aromatic heterocycles. The van der Waals surface area contributed by atoms with E-state index in [0.717, 1.165) is 22.4 Å². The van der Waals surface area contributed by atoms with Gasteiger partial charge in [-0.2, -0.15) is 0 Å². The van der Waals surface area contributed by atoms with Gasteiger partial charge in [-0.15, -0.1) is 12.4 Å². The molecule has 0 saturated heterocycles. The lowest BCUT2D eigenvalue weighted by Gasteiger charge is -2.15. The Labute approximate surface area is 154 Å². The van der Waals surface area contributed by atoms with Crippen LogP contribution in [0.15, 0.2) is 42.7 Å². The molecule has 0 aliphatic heterocycles. The summed E-state index contributed by atoms with van der Waals surface area (Å²) in [5.41, 5.74) is 5.12. The van der Waals surface area contributed by atoms with E-state index in [2.05, 4.69) is 10.4 Å². The average molecular weight is 366 g/mol. The molecule has 2 rings (SSSR count). The third-order valence-corrected chi connectivity index (χ3v) is 3.70. The Bertz CT molecular complexity index is 668. The molecule has 6 nitrogen and oxygen atoms in total. The quantitative estimate of drug-likeness (QED) is 0.324. The van der Waals surface area contributed by atoms with Gasteiger partial charge in [0.2, 0.25) is 5.91 Å². The minimum absolute atomic E-state index is 0. The predicted molar refractivity (Wildman–Crippen MR) is 99.5 cm³/mol. The fourth-order valence-electron chi connectivity index (χ4n) is 2.40. The van der Waals surface area contributed by atoms with E-state index in [4.69, 9.17) is 15.3 Å². The molecule has 0 bridgehead atoms. The highest BCUT2D eigenvalue weighted by Crippen LogP contribution is 2.31. The number of nitrogens with zero attached hydrogens (tertiary/aromatic N) is 1. The van der Waals surface area contributed by atoms with Crippen molar-refractivity contribution in [2.75, 3.05) is 20.3 Å². The van der Waals surface area contributed by atoms with Crippen LogP contribution in [-0.4, -0.2) is 31.2 Å². The van der Waals surface area contributed by atoms with Crippen LogP contribution in [0.3, 0.4) is 0 Å². The second-order valence-electron chi connectivity index (χ2n) is 5.53. The molecule has 0 fully saturated rings. The first-order chi connectivity index (χ1) is 11.7. The summed E-state index contributed by atoms with van der Waals surface area (Å²) in [5, 5.41) is 0. The van der Waals surface area contributed by atoms with Crippen molar-refractivity contribution in [2.45, 2.75) is 13.3 Å². The number of nitrogens with one attached hydrogen (secondary N) is 1. The third kappa shape index (κ3) is 6.01. The van der Waals surface area contributed by atoms with E-state index in [9.17, 15) is 4.79 Å². The van der Waals surface area contributed by atoms with Crippen LogP contribution < -0.4 is 16.0 Å².